The van der Waals surface area contributed by atoms with E-state index in [1.807, 2.05) is 24.3 Å². The van der Waals surface area contributed by atoms with Gasteiger partial charge in [0.25, 0.3) is 5.91 Å². The van der Waals surface area contributed by atoms with E-state index < -0.39 is 16.6 Å². The summed E-state index contributed by atoms with van der Waals surface area (Å²) in [7, 11) is 0. The number of carbonyl (C=O) groups is 2. The molecule has 2 aliphatic rings. The molecule has 0 spiro atoms. The fraction of sp³-hybridized carbons (Fsp3) is 0.211. The third-order valence-corrected chi connectivity index (χ3v) is 6.57. The smallest absolute Gasteiger partial charge is 0.261 e. The van der Waals surface area contributed by atoms with Crippen LogP contribution in [0.2, 0.25) is 0 Å². The fourth-order valence-corrected chi connectivity index (χ4v) is 5.14. The molecule has 1 saturated heterocycles. The number of thioether (sulfide) groups is 1. The van der Waals surface area contributed by atoms with Gasteiger partial charge in [-0.15, -0.1) is 5.10 Å². The van der Waals surface area contributed by atoms with Crippen molar-refractivity contribution in [2.45, 2.75) is 29.5 Å². The predicted molar refractivity (Wildman–Crippen MR) is 104 cm³/mol. The molecular weight excluding hydrogens is 395 g/mol. The van der Waals surface area contributed by atoms with Crippen LogP contribution in [0.25, 0.3) is 5.69 Å². The average Bonchev–Trinajstić information content (AvgIpc) is 3.38. The molecule has 2 aromatic carbocycles. The minimum atomic E-state index is -1.12. The van der Waals surface area contributed by atoms with E-state index in [-0.39, 0.29) is 18.0 Å². The standard InChI is InChI=1S/C19H15FN6O2S/c1-11-22-23-24-26(11)12-6-7-13(20)14(10-12)21-18(28)19-9-8-17(27)25(19)15-4-2-3-5-16(15)29-19/h2-7,10H,8-9H2,1H3,(H,21,28). The lowest BCUT2D eigenvalue weighted by Crippen LogP contribution is -2.49. The minimum absolute atomic E-state index is 0.00706. The zero-order valence-electron chi connectivity index (χ0n) is 15.3. The summed E-state index contributed by atoms with van der Waals surface area (Å²) >= 11 is 1.33. The van der Waals surface area contributed by atoms with E-state index in [1.165, 1.54) is 39.5 Å². The number of hydrogen-bond acceptors (Lipinski definition) is 6. The number of fused-ring (bicyclic) bond motifs is 3. The third-order valence-electron chi connectivity index (χ3n) is 5.10. The summed E-state index contributed by atoms with van der Waals surface area (Å²) in [6.07, 6.45) is 0.617. The summed E-state index contributed by atoms with van der Waals surface area (Å²) in [5.41, 5.74) is 1.24. The van der Waals surface area contributed by atoms with Crippen LogP contribution in [-0.4, -0.2) is 36.9 Å². The summed E-state index contributed by atoms with van der Waals surface area (Å²) in [5.74, 6) is -0.604. The zero-order valence-corrected chi connectivity index (χ0v) is 16.1. The van der Waals surface area contributed by atoms with Gasteiger partial charge in [-0.2, -0.15) is 4.68 Å². The van der Waals surface area contributed by atoms with Crippen molar-refractivity contribution in [3.8, 4) is 5.69 Å². The Labute approximate surface area is 169 Å². The molecule has 3 aromatic rings. The van der Waals surface area contributed by atoms with Crippen LogP contribution in [0, 0.1) is 12.7 Å². The SMILES string of the molecule is Cc1nnnn1-c1ccc(F)c(NC(=O)C23CCC(=O)N2c2ccccc2S3)c1. The molecule has 0 radical (unpaired) electrons. The van der Waals surface area contributed by atoms with Crippen LogP contribution in [0.3, 0.4) is 0 Å². The van der Waals surface area contributed by atoms with Crippen molar-refractivity contribution in [2.24, 2.45) is 0 Å². The third kappa shape index (κ3) is 2.63. The number of tetrazole rings is 1. The van der Waals surface area contributed by atoms with E-state index in [0.29, 0.717) is 23.6 Å². The first kappa shape index (κ1) is 17.8. The van der Waals surface area contributed by atoms with Crippen LogP contribution in [0.4, 0.5) is 15.8 Å². The highest BCUT2D eigenvalue weighted by Gasteiger charge is 2.57. The van der Waals surface area contributed by atoms with Gasteiger partial charge in [0.2, 0.25) is 5.91 Å². The lowest BCUT2D eigenvalue weighted by atomic mass is 10.1. The van der Waals surface area contributed by atoms with Gasteiger partial charge in [0.05, 0.1) is 17.1 Å². The number of anilines is 2. The molecule has 1 N–H and O–H groups in total. The van der Waals surface area contributed by atoms with Crippen LogP contribution < -0.4 is 10.2 Å². The zero-order chi connectivity index (χ0) is 20.2. The Balaban J connectivity index is 1.50. The lowest BCUT2D eigenvalue weighted by molar-refractivity contribution is -0.121. The summed E-state index contributed by atoms with van der Waals surface area (Å²) in [5, 5.41) is 13.9. The van der Waals surface area contributed by atoms with Gasteiger partial charge in [0.15, 0.2) is 10.7 Å². The van der Waals surface area contributed by atoms with E-state index in [9.17, 15) is 14.0 Å². The first-order valence-corrected chi connectivity index (χ1v) is 9.79. The number of amides is 2. The van der Waals surface area contributed by atoms with Gasteiger partial charge in [-0.3, -0.25) is 14.5 Å². The molecule has 1 aromatic heterocycles. The highest BCUT2D eigenvalue weighted by atomic mass is 32.2. The largest absolute Gasteiger partial charge is 0.321 e. The average molecular weight is 410 g/mol. The number of rotatable bonds is 3. The van der Waals surface area contributed by atoms with E-state index in [4.69, 9.17) is 0 Å². The normalized spacial score (nSPS) is 19.9. The highest BCUT2D eigenvalue weighted by molar-refractivity contribution is 8.02. The second-order valence-corrected chi connectivity index (χ2v) is 8.16. The van der Waals surface area contributed by atoms with Gasteiger partial charge in [-0.05, 0) is 54.1 Å². The number of nitrogens with zero attached hydrogens (tertiary/aromatic N) is 5. The molecule has 146 valence electrons. The number of halogens is 1. The molecule has 29 heavy (non-hydrogen) atoms. The molecule has 0 aliphatic carbocycles. The van der Waals surface area contributed by atoms with Gasteiger partial charge in [-0.1, -0.05) is 23.9 Å². The van der Waals surface area contributed by atoms with E-state index in [0.717, 1.165) is 4.90 Å². The molecule has 3 heterocycles. The van der Waals surface area contributed by atoms with Crippen molar-refractivity contribution >= 4 is 35.0 Å². The monoisotopic (exact) mass is 410 g/mol. The maximum absolute atomic E-state index is 14.5. The van der Waals surface area contributed by atoms with Crippen LogP contribution in [-0.2, 0) is 9.59 Å². The Morgan fingerprint density at radius 3 is 2.90 bits per heavy atom. The maximum atomic E-state index is 14.5. The first-order chi connectivity index (χ1) is 14.0. The first-order valence-electron chi connectivity index (χ1n) is 8.97. The van der Waals surface area contributed by atoms with Gasteiger partial charge in [0, 0.05) is 11.3 Å². The lowest BCUT2D eigenvalue weighted by Gasteiger charge is -2.29. The quantitative estimate of drug-likeness (QED) is 0.714. The van der Waals surface area contributed by atoms with E-state index in [1.54, 1.807) is 6.92 Å². The Bertz CT molecular complexity index is 1170. The van der Waals surface area contributed by atoms with Gasteiger partial charge >= 0.3 is 0 Å². The molecule has 0 saturated carbocycles. The van der Waals surface area contributed by atoms with Crippen molar-refractivity contribution in [3.63, 3.8) is 0 Å². The molecule has 1 fully saturated rings. The summed E-state index contributed by atoms with van der Waals surface area (Å²) < 4.78 is 15.9. The number of benzene rings is 2. The number of carbonyl (C=O) groups excluding carboxylic acids is 2. The molecule has 0 bridgehead atoms. The van der Waals surface area contributed by atoms with Crippen molar-refractivity contribution in [2.75, 3.05) is 10.2 Å². The maximum Gasteiger partial charge on any atom is 0.261 e. The molecule has 8 nitrogen and oxygen atoms in total. The summed E-state index contributed by atoms with van der Waals surface area (Å²) in [6.45, 7) is 1.72. The second kappa shape index (κ2) is 6.38. The van der Waals surface area contributed by atoms with Crippen LogP contribution in [0.15, 0.2) is 47.4 Å². The number of nitrogens with one attached hydrogen (secondary N) is 1. The van der Waals surface area contributed by atoms with Gasteiger partial charge in [0.1, 0.15) is 5.82 Å². The van der Waals surface area contributed by atoms with Crippen LogP contribution in [0.1, 0.15) is 18.7 Å². The number of hydrogen-bond donors (Lipinski definition) is 1. The molecule has 2 amide bonds. The molecule has 5 rings (SSSR count). The molecular formula is C19H15FN6O2S. The predicted octanol–water partition coefficient (Wildman–Crippen LogP) is 2.68. The number of aromatic nitrogens is 4. The van der Waals surface area contributed by atoms with Crippen molar-refractivity contribution in [1.82, 2.24) is 20.2 Å². The van der Waals surface area contributed by atoms with Gasteiger partial charge < -0.3 is 5.32 Å². The van der Waals surface area contributed by atoms with E-state index in [2.05, 4.69) is 20.8 Å². The molecule has 2 aliphatic heterocycles. The molecule has 1 unspecified atom stereocenters. The fourth-order valence-electron chi connectivity index (χ4n) is 3.73. The minimum Gasteiger partial charge on any atom is -0.321 e. The molecule has 10 heteroatoms. The Kier molecular flexibility index (Phi) is 3.91. The Hall–Kier alpha value is -3.27. The summed E-state index contributed by atoms with van der Waals surface area (Å²) in [6, 6.07) is 11.6. The second-order valence-electron chi connectivity index (χ2n) is 6.84. The summed E-state index contributed by atoms with van der Waals surface area (Å²) in [4.78, 5) is 27.1. The van der Waals surface area contributed by atoms with E-state index >= 15 is 0 Å². The molecule has 1 atom stereocenters. The Morgan fingerprint density at radius 2 is 2.10 bits per heavy atom. The van der Waals surface area contributed by atoms with Crippen molar-refractivity contribution in [1.29, 1.82) is 0 Å². The van der Waals surface area contributed by atoms with Crippen molar-refractivity contribution < 1.29 is 14.0 Å². The van der Waals surface area contributed by atoms with Crippen LogP contribution in [0.5, 0.6) is 0 Å². The highest BCUT2D eigenvalue weighted by Crippen LogP contribution is 2.56. The number of para-hydroxylation sites is 1. The van der Waals surface area contributed by atoms with Crippen molar-refractivity contribution in [3.05, 3.63) is 54.1 Å². The topological polar surface area (TPSA) is 93.0 Å². The number of aryl methyl sites for hydroxylation is 1. The van der Waals surface area contributed by atoms with Gasteiger partial charge in [-0.25, -0.2) is 4.39 Å². The Morgan fingerprint density at radius 1 is 1.28 bits per heavy atom. The van der Waals surface area contributed by atoms with Crippen LogP contribution >= 0.6 is 11.8 Å².